The van der Waals surface area contributed by atoms with Crippen molar-refractivity contribution in [2.75, 3.05) is 26.7 Å². The molecule has 1 aromatic carbocycles. The first-order chi connectivity index (χ1) is 11.2. The van der Waals surface area contributed by atoms with Crippen molar-refractivity contribution < 1.29 is 4.74 Å². The van der Waals surface area contributed by atoms with Gasteiger partial charge in [0.1, 0.15) is 5.75 Å². The zero-order valence-electron chi connectivity index (χ0n) is 14.0. The normalized spacial score (nSPS) is 18.0. The third-order valence-electron chi connectivity index (χ3n) is 4.20. The van der Waals surface area contributed by atoms with Crippen LogP contribution in [0.15, 0.2) is 36.4 Å². The van der Waals surface area contributed by atoms with Gasteiger partial charge in [-0.05, 0) is 18.6 Å². The van der Waals surface area contributed by atoms with Crippen LogP contribution >= 0.6 is 24.0 Å². The number of nitrogens with zero attached hydrogens (tertiary/aromatic N) is 2. The summed E-state index contributed by atoms with van der Waals surface area (Å²) in [5.41, 5.74) is 3.17. The number of rotatable bonds is 4. The standard InChI is InChI=1S/C18H22ClN3O.ClH/c1-13-9-15(23-2)10-14(21-13)12-22-8-7-20-11-18(22)16-5-3-4-6-17(16)19;/h3-6,9-10,18,20H,7-8,11-12H2,1-2H3;1H. The molecule has 1 saturated heterocycles. The van der Waals surface area contributed by atoms with Crippen molar-refractivity contribution in [1.29, 1.82) is 0 Å². The van der Waals surface area contributed by atoms with Crippen LogP contribution in [0.1, 0.15) is 23.0 Å². The van der Waals surface area contributed by atoms with Crippen molar-refractivity contribution in [2.45, 2.75) is 19.5 Å². The summed E-state index contributed by atoms with van der Waals surface area (Å²) in [5, 5.41) is 4.29. The molecule has 3 rings (SSSR count). The number of pyridine rings is 1. The Kier molecular flexibility index (Phi) is 6.87. The maximum absolute atomic E-state index is 6.41. The van der Waals surface area contributed by atoms with Gasteiger partial charge >= 0.3 is 0 Å². The number of benzene rings is 1. The Bertz CT molecular complexity index is 681. The number of halogens is 2. The van der Waals surface area contributed by atoms with E-state index in [1.54, 1.807) is 7.11 Å². The average molecular weight is 368 g/mol. The van der Waals surface area contributed by atoms with Crippen LogP contribution in [0.4, 0.5) is 0 Å². The van der Waals surface area contributed by atoms with Crippen LogP contribution in [0.2, 0.25) is 5.02 Å². The van der Waals surface area contributed by atoms with Gasteiger partial charge in [0.15, 0.2) is 0 Å². The monoisotopic (exact) mass is 367 g/mol. The van der Waals surface area contributed by atoms with E-state index in [-0.39, 0.29) is 18.4 Å². The molecule has 0 radical (unpaired) electrons. The quantitative estimate of drug-likeness (QED) is 0.895. The van der Waals surface area contributed by atoms with E-state index in [2.05, 4.69) is 21.3 Å². The highest BCUT2D eigenvalue weighted by atomic mass is 35.5. The lowest BCUT2D eigenvalue weighted by atomic mass is 10.0. The molecule has 24 heavy (non-hydrogen) atoms. The molecule has 1 aromatic heterocycles. The Morgan fingerprint density at radius 1 is 1.33 bits per heavy atom. The highest BCUT2D eigenvalue weighted by molar-refractivity contribution is 6.31. The Labute approximate surface area is 154 Å². The molecule has 0 aliphatic carbocycles. The average Bonchev–Trinajstić information content (AvgIpc) is 2.55. The van der Waals surface area contributed by atoms with Crippen LogP contribution in [0, 0.1) is 6.92 Å². The fourth-order valence-electron chi connectivity index (χ4n) is 3.10. The number of aryl methyl sites for hydroxylation is 1. The van der Waals surface area contributed by atoms with E-state index >= 15 is 0 Å². The Morgan fingerprint density at radius 3 is 2.88 bits per heavy atom. The summed E-state index contributed by atoms with van der Waals surface area (Å²) in [7, 11) is 1.69. The van der Waals surface area contributed by atoms with E-state index in [0.29, 0.717) is 0 Å². The fraction of sp³-hybridized carbons (Fsp3) is 0.389. The van der Waals surface area contributed by atoms with Crippen molar-refractivity contribution in [3.8, 4) is 5.75 Å². The van der Waals surface area contributed by atoms with Crippen molar-refractivity contribution in [2.24, 2.45) is 0 Å². The number of hydrogen-bond donors (Lipinski definition) is 1. The van der Waals surface area contributed by atoms with Gasteiger partial charge in [-0.25, -0.2) is 0 Å². The Morgan fingerprint density at radius 2 is 2.12 bits per heavy atom. The van der Waals surface area contributed by atoms with Gasteiger partial charge in [-0.1, -0.05) is 29.8 Å². The molecular weight excluding hydrogens is 345 g/mol. The molecule has 2 aromatic rings. The number of nitrogens with one attached hydrogen (secondary N) is 1. The topological polar surface area (TPSA) is 37.4 Å². The molecule has 1 unspecified atom stereocenters. The predicted octanol–water partition coefficient (Wildman–Crippen LogP) is 3.62. The highest BCUT2D eigenvalue weighted by Gasteiger charge is 2.25. The number of methoxy groups -OCH3 is 1. The van der Waals surface area contributed by atoms with Gasteiger partial charge in [0.05, 0.1) is 12.8 Å². The minimum Gasteiger partial charge on any atom is -0.497 e. The summed E-state index contributed by atoms with van der Waals surface area (Å²) in [5.74, 6) is 0.858. The largest absolute Gasteiger partial charge is 0.497 e. The van der Waals surface area contributed by atoms with Crippen LogP contribution in [0.5, 0.6) is 5.75 Å². The number of hydrogen-bond acceptors (Lipinski definition) is 4. The zero-order chi connectivity index (χ0) is 16.2. The van der Waals surface area contributed by atoms with Crippen LogP contribution in [0.25, 0.3) is 0 Å². The maximum atomic E-state index is 6.41. The first-order valence-corrected chi connectivity index (χ1v) is 8.26. The molecular formula is C18H23Cl2N3O. The summed E-state index contributed by atoms with van der Waals surface area (Å²) in [6, 6.07) is 12.3. The summed E-state index contributed by atoms with van der Waals surface area (Å²) in [6.45, 7) is 5.62. The van der Waals surface area contributed by atoms with Crippen LogP contribution in [-0.4, -0.2) is 36.6 Å². The second-order valence-electron chi connectivity index (χ2n) is 5.85. The minimum absolute atomic E-state index is 0. The van der Waals surface area contributed by atoms with E-state index < -0.39 is 0 Å². The first kappa shape index (κ1) is 19.0. The summed E-state index contributed by atoms with van der Waals surface area (Å²) in [4.78, 5) is 7.08. The van der Waals surface area contributed by atoms with Crippen molar-refractivity contribution in [3.63, 3.8) is 0 Å². The van der Waals surface area contributed by atoms with Crippen molar-refractivity contribution >= 4 is 24.0 Å². The number of aromatic nitrogens is 1. The van der Waals surface area contributed by atoms with Gasteiger partial charge in [0.2, 0.25) is 0 Å². The smallest absolute Gasteiger partial charge is 0.122 e. The molecule has 0 bridgehead atoms. The lowest BCUT2D eigenvalue weighted by molar-refractivity contribution is 0.152. The van der Waals surface area contributed by atoms with Gasteiger partial charge in [-0.15, -0.1) is 12.4 Å². The highest BCUT2D eigenvalue weighted by Crippen LogP contribution is 2.29. The number of ether oxygens (including phenoxy) is 1. The van der Waals surface area contributed by atoms with Crippen molar-refractivity contribution in [3.05, 3.63) is 58.4 Å². The van der Waals surface area contributed by atoms with E-state index in [0.717, 1.165) is 48.3 Å². The van der Waals surface area contributed by atoms with E-state index in [9.17, 15) is 0 Å². The van der Waals surface area contributed by atoms with E-state index in [1.807, 2.05) is 37.3 Å². The Hall–Kier alpha value is -1.33. The molecule has 1 aliphatic rings. The first-order valence-electron chi connectivity index (χ1n) is 7.88. The zero-order valence-corrected chi connectivity index (χ0v) is 15.5. The molecule has 0 spiro atoms. The van der Waals surface area contributed by atoms with Crippen LogP contribution < -0.4 is 10.1 Å². The summed E-state index contributed by atoms with van der Waals surface area (Å²) < 4.78 is 5.36. The van der Waals surface area contributed by atoms with Crippen LogP contribution in [-0.2, 0) is 6.54 Å². The molecule has 2 heterocycles. The van der Waals surface area contributed by atoms with E-state index in [4.69, 9.17) is 16.3 Å². The minimum atomic E-state index is 0. The molecule has 0 saturated carbocycles. The number of piperazine rings is 1. The van der Waals surface area contributed by atoms with Crippen molar-refractivity contribution in [1.82, 2.24) is 15.2 Å². The second-order valence-corrected chi connectivity index (χ2v) is 6.26. The third kappa shape index (κ3) is 4.39. The SMILES string of the molecule is COc1cc(C)nc(CN2CCNCC2c2ccccc2Cl)c1.Cl. The van der Waals surface area contributed by atoms with E-state index in [1.165, 1.54) is 5.56 Å². The summed E-state index contributed by atoms with van der Waals surface area (Å²) in [6.07, 6.45) is 0. The molecule has 0 amide bonds. The fourth-order valence-corrected chi connectivity index (χ4v) is 3.36. The molecule has 1 atom stereocenters. The van der Waals surface area contributed by atoms with Gasteiger partial charge in [-0.3, -0.25) is 9.88 Å². The molecule has 130 valence electrons. The van der Waals surface area contributed by atoms with Gasteiger partial charge < -0.3 is 10.1 Å². The second kappa shape index (κ2) is 8.67. The molecule has 1 aliphatic heterocycles. The predicted molar refractivity (Wildman–Crippen MR) is 100 cm³/mol. The summed E-state index contributed by atoms with van der Waals surface area (Å²) >= 11 is 6.41. The van der Waals surface area contributed by atoms with Gasteiger partial charge in [-0.2, -0.15) is 0 Å². The molecule has 1 fully saturated rings. The molecule has 1 N–H and O–H groups in total. The maximum Gasteiger partial charge on any atom is 0.122 e. The lowest BCUT2D eigenvalue weighted by Crippen LogP contribution is -2.45. The van der Waals surface area contributed by atoms with Gasteiger partial charge in [0, 0.05) is 55.1 Å². The van der Waals surface area contributed by atoms with Gasteiger partial charge in [0.25, 0.3) is 0 Å². The molecule has 4 nitrogen and oxygen atoms in total. The third-order valence-corrected chi connectivity index (χ3v) is 4.54. The molecule has 6 heteroatoms. The lowest BCUT2D eigenvalue weighted by Gasteiger charge is -2.36. The Balaban J connectivity index is 0.00000208. The van der Waals surface area contributed by atoms with Crippen LogP contribution in [0.3, 0.4) is 0 Å².